The summed E-state index contributed by atoms with van der Waals surface area (Å²) in [6.07, 6.45) is 2.80. The summed E-state index contributed by atoms with van der Waals surface area (Å²) in [5.74, 6) is -1.32. The Labute approximate surface area is 141 Å². The number of nitrogens with one attached hydrogen (secondary N) is 1. The Balaban J connectivity index is 2.24. The minimum Gasteiger partial charge on any atom is -0.328 e. The fourth-order valence-corrected chi connectivity index (χ4v) is 3.83. The molecule has 1 aromatic heterocycles. The Bertz CT molecular complexity index is 612. The summed E-state index contributed by atoms with van der Waals surface area (Å²) in [6, 6.07) is 3.24. The van der Waals surface area contributed by atoms with Gasteiger partial charge < -0.3 is 16.0 Å². The zero-order chi connectivity index (χ0) is 17.4. The van der Waals surface area contributed by atoms with Crippen LogP contribution in [0.1, 0.15) is 40.5 Å². The van der Waals surface area contributed by atoms with E-state index in [-0.39, 0.29) is 11.2 Å². The van der Waals surface area contributed by atoms with Crippen LogP contribution in [0.2, 0.25) is 5.15 Å². The highest BCUT2D eigenvalue weighted by Gasteiger charge is 2.48. The smallest absolute Gasteiger partial charge is 0.314 e. The average Bonchev–Trinajstić information content (AvgIpc) is 2.37. The predicted molar refractivity (Wildman–Crippen MR) is 90.1 cm³/mol. The van der Waals surface area contributed by atoms with Gasteiger partial charge in [-0.25, -0.2) is 4.98 Å². The third-order valence-corrected chi connectivity index (χ3v) is 4.44. The molecule has 6 nitrogen and oxygen atoms in total. The van der Waals surface area contributed by atoms with Crippen molar-refractivity contribution in [3.05, 3.63) is 23.5 Å². The van der Waals surface area contributed by atoms with Crippen LogP contribution >= 0.6 is 11.6 Å². The summed E-state index contributed by atoms with van der Waals surface area (Å²) in [6.45, 7) is 7.71. The fourth-order valence-electron chi connectivity index (χ4n) is 3.66. The van der Waals surface area contributed by atoms with Crippen LogP contribution in [0.5, 0.6) is 0 Å². The molecule has 0 spiro atoms. The topological polar surface area (TPSA) is 88.3 Å². The van der Waals surface area contributed by atoms with Crippen LogP contribution < -0.4 is 11.1 Å². The molecule has 126 valence electrons. The largest absolute Gasteiger partial charge is 0.328 e. The van der Waals surface area contributed by atoms with Crippen molar-refractivity contribution in [3.8, 4) is 0 Å². The number of nitrogens with zero attached hydrogens (tertiary/aromatic N) is 2. The molecular weight excluding hydrogens is 316 g/mol. The lowest BCUT2D eigenvalue weighted by Crippen LogP contribution is -2.66. The molecule has 0 aliphatic carbocycles. The zero-order valence-corrected chi connectivity index (χ0v) is 14.6. The minimum atomic E-state index is -0.725. The van der Waals surface area contributed by atoms with Crippen molar-refractivity contribution in [2.24, 2.45) is 5.73 Å². The second-order valence-corrected chi connectivity index (χ2v) is 7.59. The van der Waals surface area contributed by atoms with Crippen LogP contribution in [0.15, 0.2) is 18.3 Å². The van der Waals surface area contributed by atoms with E-state index < -0.39 is 22.9 Å². The molecular formula is C16H23ClN4O2. The molecule has 0 atom stereocenters. The van der Waals surface area contributed by atoms with E-state index in [4.69, 9.17) is 17.3 Å². The molecule has 1 aliphatic heterocycles. The van der Waals surface area contributed by atoms with Gasteiger partial charge in [0.15, 0.2) is 5.15 Å². The van der Waals surface area contributed by atoms with E-state index in [0.29, 0.717) is 18.5 Å². The quantitative estimate of drug-likeness (QED) is 0.606. The van der Waals surface area contributed by atoms with Gasteiger partial charge in [0.1, 0.15) is 0 Å². The maximum Gasteiger partial charge on any atom is 0.314 e. The summed E-state index contributed by atoms with van der Waals surface area (Å²) >= 11 is 5.92. The van der Waals surface area contributed by atoms with Crippen LogP contribution in [0.3, 0.4) is 0 Å². The molecule has 1 fully saturated rings. The van der Waals surface area contributed by atoms with Gasteiger partial charge in [-0.15, -0.1) is 0 Å². The zero-order valence-electron chi connectivity index (χ0n) is 13.9. The number of carbonyl (C=O) groups is 2. The Kier molecular flexibility index (Phi) is 4.69. The van der Waals surface area contributed by atoms with E-state index in [1.807, 2.05) is 27.7 Å². The van der Waals surface area contributed by atoms with Gasteiger partial charge >= 0.3 is 11.8 Å². The van der Waals surface area contributed by atoms with E-state index in [1.165, 1.54) is 6.20 Å². The van der Waals surface area contributed by atoms with Crippen molar-refractivity contribution in [2.45, 2.75) is 57.7 Å². The SMILES string of the molecule is CC1(C)CC(N)CC(C)(C)N1C(=O)C(=O)Nc1cccnc1Cl. The van der Waals surface area contributed by atoms with Crippen LogP contribution in [0.4, 0.5) is 5.69 Å². The molecule has 0 unspecified atom stereocenters. The maximum absolute atomic E-state index is 12.8. The highest BCUT2D eigenvalue weighted by atomic mass is 35.5. The first-order chi connectivity index (χ1) is 10.5. The molecule has 1 aliphatic rings. The van der Waals surface area contributed by atoms with Crippen molar-refractivity contribution in [3.63, 3.8) is 0 Å². The van der Waals surface area contributed by atoms with Crippen LogP contribution in [-0.4, -0.2) is 38.8 Å². The van der Waals surface area contributed by atoms with E-state index in [0.717, 1.165) is 0 Å². The summed E-state index contributed by atoms with van der Waals surface area (Å²) in [5.41, 5.74) is 5.41. The summed E-state index contributed by atoms with van der Waals surface area (Å²) < 4.78 is 0. The summed E-state index contributed by atoms with van der Waals surface area (Å²) in [4.78, 5) is 30.7. The van der Waals surface area contributed by atoms with Crippen LogP contribution in [-0.2, 0) is 9.59 Å². The third-order valence-electron chi connectivity index (χ3n) is 4.14. The monoisotopic (exact) mass is 338 g/mol. The number of amides is 2. The standard InChI is InChI=1S/C16H23ClN4O2/c1-15(2)8-10(18)9-16(3,4)21(15)14(23)13(22)20-11-6-5-7-19-12(11)17/h5-7,10H,8-9,18H2,1-4H3,(H,20,22). The second-order valence-electron chi connectivity index (χ2n) is 7.23. The minimum absolute atomic E-state index is 0.000112. The lowest BCUT2D eigenvalue weighted by Gasteiger charge is -2.54. The Morgan fingerprint density at radius 3 is 2.39 bits per heavy atom. The molecule has 0 bridgehead atoms. The van der Waals surface area contributed by atoms with E-state index >= 15 is 0 Å². The molecule has 2 heterocycles. The van der Waals surface area contributed by atoms with Gasteiger partial charge in [0.2, 0.25) is 0 Å². The number of halogens is 1. The number of piperidine rings is 1. The van der Waals surface area contributed by atoms with Crippen molar-refractivity contribution in [1.29, 1.82) is 0 Å². The van der Waals surface area contributed by atoms with Gasteiger partial charge in [0.25, 0.3) is 0 Å². The number of likely N-dealkylation sites (tertiary alicyclic amines) is 1. The van der Waals surface area contributed by atoms with E-state index in [9.17, 15) is 9.59 Å². The molecule has 1 aromatic rings. The molecule has 1 saturated heterocycles. The van der Waals surface area contributed by atoms with Crippen molar-refractivity contribution in [2.75, 3.05) is 5.32 Å². The normalized spacial score (nSPS) is 20.2. The molecule has 0 saturated carbocycles. The lowest BCUT2D eigenvalue weighted by molar-refractivity contribution is -0.156. The number of hydrogen-bond donors (Lipinski definition) is 2. The first kappa shape index (κ1) is 17.7. The molecule has 2 rings (SSSR count). The fraction of sp³-hybridized carbons (Fsp3) is 0.562. The lowest BCUT2D eigenvalue weighted by atomic mass is 9.77. The Morgan fingerprint density at radius 2 is 1.87 bits per heavy atom. The Morgan fingerprint density at radius 1 is 1.30 bits per heavy atom. The highest BCUT2D eigenvalue weighted by Crippen LogP contribution is 2.38. The third kappa shape index (κ3) is 3.64. The highest BCUT2D eigenvalue weighted by molar-refractivity contribution is 6.41. The first-order valence-electron chi connectivity index (χ1n) is 7.56. The van der Waals surface area contributed by atoms with Crippen molar-refractivity contribution >= 4 is 29.1 Å². The maximum atomic E-state index is 12.8. The molecule has 2 amide bonds. The molecule has 3 N–H and O–H groups in total. The van der Waals surface area contributed by atoms with Gasteiger partial charge in [-0.05, 0) is 52.7 Å². The molecule has 0 aromatic carbocycles. The van der Waals surface area contributed by atoms with Gasteiger partial charge in [0, 0.05) is 23.3 Å². The number of aromatic nitrogens is 1. The molecule has 0 radical (unpaired) electrons. The number of anilines is 1. The van der Waals surface area contributed by atoms with Gasteiger partial charge in [0.05, 0.1) is 5.69 Å². The molecule has 7 heteroatoms. The van der Waals surface area contributed by atoms with Gasteiger partial charge in [-0.3, -0.25) is 9.59 Å². The molecule has 23 heavy (non-hydrogen) atoms. The van der Waals surface area contributed by atoms with Crippen LogP contribution in [0, 0.1) is 0 Å². The van der Waals surface area contributed by atoms with E-state index in [2.05, 4.69) is 10.3 Å². The summed E-state index contributed by atoms with van der Waals surface area (Å²) in [7, 11) is 0. The van der Waals surface area contributed by atoms with E-state index in [1.54, 1.807) is 17.0 Å². The summed E-state index contributed by atoms with van der Waals surface area (Å²) in [5, 5.41) is 2.68. The predicted octanol–water partition coefficient (Wildman–Crippen LogP) is 2.18. The van der Waals surface area contributed by atoms with Crippen molar-refractivity contribution in [1.82, 2.24) is 9.88 Å². The van der Waals surface area contributed by atoms with Crippen molar-refractivity contribution < 1.29 is 9.59 Å². The number of carbonyl (C=O) groups excluding carboxylic acids is 2. The van der Waals surface area contributed by atoms with Gasteiger partial charge in [-0.1, -0.05) is 11.6 Å². The number of rotatable bonds is 1. The Hall–Kier alpha value is -1.66. The van der Waals surface area contributed by atoms with Crippen LogP contribution in [0.25, 0.3) is 0 Å². The number of hydrogen-bond acceptors (Lipinski definition) is 4. The second kappa shape index (κ2) is 6.09. The number of nitrogens with two attached hydrogens (primary N) is 1. The first-order valence-corrected chi connectivity index (χ1v) is 7.94. The van der Waals surface area contributed by atoms with Gasteiger partial charge in [-0.2, -0.15) is 0 Å². The number of pyridine rings is 1. The average molecular weight is 339 g/mol.